The summed E-state index contributed by atoms with van der Waals surface area (Å²) in [6.45, 7) is 6.69. The molecule has 2 aromatic rings. The third-order valence-electron chi connectivity index (χ3n) is 8.48. The molecule has 226 valence electrons. The number of halogens is 1. The lowest BCUT2D eigenvalue weighted by molar-refractivity contribution is -0.138. The molecule has 1 spiro atoms. The Morgan fingerprint density at radius 2 is 1.88 bits per heavy atom. The number of anilines is 1. The summed E-state index contributed by atoms with van der Waals surface area (Å²) in [7, 11) is 0. The lowest BCUT2D eigenvalue weighted by atomic mass is 9.80. The molecule has 0 saturated carbocycles. The first kappa shape index (κ1) is 30.0. The van der Waals surface area contributed by atoms with Crippen molar-refractivity contribution in [1.82, 2.24) is 20.4 Å². The number of carbonyl (C=O) groups is 4. The van der Waals surface area contributed by atoms with Gasteiger partial charge in [-0.1, -0.05) is 51.1 Å². The summed E-state index contributed by atoms with van der Waals surface area (Å²) in [5.41, 5.74) is 0.638. The molecule has 4 atom stereocenters. The zero-order valence-electron chi connectivity index (χ0n) is 24.7. The number of hydrogen-bond acceptors (Lipinski definition) is 5. The third kappa shape index (κ3) is 6.05. The molecule has 10 nitrogen and oxygen atoms in total. The number of carbonyl (C=O) groups excluding carboxylic acids is 4. The Bertz CT molecular complexity index is 1470. The van der Waals surface area contributed by atoms with Crippen LogP contribution >= 0.6 is 0 Å². The van der Waals surface area contributed by atoms with Gasteiger partial charge >= 0.3 is 6.03 Å². The van der Waals surface area contributed by atoms with E-state index >= 15 is 0 Å². The third-order valence-corrected chi connectivity index (χ3v) is 8.48. The van der Waals surface area contributed by atoms with Gasteiger partial charge in [-0.2, -0.15) is 5.26 Å². The summed E-state index contributed by atoms with van der Waals surface area (Å²) in [5, 5.41) is 18.7. The van der Waals surface area contributed by atoms with Gasteiger partial charge in [0.15, 0.2) is 0 Å². The average Bonchev–Trinajstić information content (AvgIpc) is 3.49. The molecule has 2 aromatic carbocycles. The Hall–Kier alpha value is -4.46. The van der Waals surface area contributed by atoms with E-state index < -0.39 is 41.2 Å². The fourth-order valence-electron chi connectivity index (χ4n) is 6.40. The minimum atomic E-state index is -1.06. The Morgan fingerprint density at radius 1 is 1.16 bits per heavy atom. The summed E-state index contributed by atoms with van der Waals surface area (Å²) >= 11 is 0. The van der Waals surface area contributed by atoms with Gasteiger partial charge in [0.05, 0.1) is 11.5 Å². The van der Waals surface area contributed by atoms with Crippen molar-refractivity contribution in [1.29, 1.82) is 5.26 Å². The summed E-state index contributed by atoms with van der Waals surface area (Å²) < 4.78 is 13.6. The van der Waals surface area contributed by atoms with Crippen molar-refractivity contribution in [2.24, 2.45) is 5.41 Å². The van der Waals surface area contributed by atoms with Gasteiger partial charge in [0, 0.05) is 38.2 Å². The van der Waals surface area contributed by atoms with E-state index in [4.69, 9.17) is 0 Å². The second-order valence-corrected chi connectivity index (χ2v) is 12.8. The molecular formula is C32H37FN6O4. The van der Waals surface area contributed by atoms with E-state index in [1.165, 1.54) is 21.9 Å². The smallest absolute Gasteiger partial charge is 0.318 e. The molecule has 5 rings (SSSR count). The van der Waals surface area contributed by atoms with Crippen molar-refractivity contribution in [2.75, 3.05) is 25.0 Å². The van der Waals surface area contributed by atoms with E-state index in [2.05, 4.69) is 22.0 Å². The van der Waals surface area contributed by atoms with Gasteiger partial charge in [-0.15, -0.1) is 0 Å². The van der Waals surface area contributed by atoms with Crippen LogP contribution in [0.5, 0.6) is 0 Å². The Labute approximate surface area is 250 Å². The van der Waals surface area contributed by atoms with Gasteiger partial charge in [0.2, 0.25) is 17.7 Å². The molecule has 3 aliphatic rings. The molecule has 11 heteroatoms. The van der Waals surface area contributed by atoms with Crippen LogP contribution in [-0.4, -0.2) is 71.3 Å². The zero-order chi connectivity index (χ0) is 30.9. The maximum absolute atomic E-state index is 14.2. The van der Waals surface area contributed by atoms with Crippen molar-refractivity contribution < 1.29 is 23.6 Å². The molecule has 0 radical (unpaired) electrons. The highest BCUT2D eigenvalue weighted by Crippen LogP contribution is 2.46. The van der Waals surface area contributed by atoms with Crippen LogP contribution in [0.1, 0.15) is 51.2 Å². The lowest BCUT2D eigenvalue weighted by Gasteiger charge is -2.36. The molecular weight excluding hydrogens is 551 g/mol. The van der Waals surface area contributed by atoms with Gasteiger partial charge < -0.3 is 25.8 Å². The number of urea groups is 1. The molecule has 3 N–H and O–H groups in total. The molecule has 0 aromatic heterocycles. The van der Waals surface area contributed by atoms with E-state index in [1.54, 1.807) is 18.2 Å². The maximum atomic E-state index is 14.2. The monoisotopic (exact) mass is 588 g/mol. The molecule has 3 aliphatic heterocycles. The fourth-order valence-corrected chi connectivity index (χ4v) is 6.40. The minimum absolute atomic E-state index is 0.0109. The average molecular weight is 589 g/mol. The predicted molar refractivity (Wildman–Crippen MR) is 157 cm³/mol. The number of amides is 5. The summed E-state index contributed by atoms with van der Waals surface area (Å²) in [6.07, 6.45) is 1.18. The predicted octanol–water partition coefficient (Wildman–Crippen LogP) is 3.09. The van der Waals surface area contributed by atoms with E-state index in [-0.39, 0.29) is 43.2 Å². The fraction of sp³-hybridized carbons (Fsp3) is 0.469. The van der Waals surface area contributed by atoms with E-state index in [0.717, 1.165) is 5.56 Å². The van der Waals surface area contributed by atoms with Gasteiger partial charge in [-0.3, -0.25) is 14.4 Å². The van der Waals surface area contributed by atoms with Crippen LogP contribution in [0.3, 0.4) is 0 Å². The Morgan fingerprint density at radius 3 is 2.56 bits per heavy atom. The second-order valence-electron chi connectivity index (χ2n) is 12.8. The van der Waals surface area contributed by atoms with Crippen LogP contribution in [0.2, 0.25) is 0 Å². The quantitative estimate of drug-likeness (QED) is 0.457. The van der Waals surface area contributed by atoms with E-state index in [1.807, 2.05) is 39.0 Å². The minimum Gasteiger partial charge on any atom is -0.342 e. The van der Waals surface area contributed by atoms with Crippen LogP contribution in [0.25, 0.3) is 0 Å². The first-order valence-corrected chi connectivity index (χ1v) is 14.6. The standard InChI is InChI=1S/C32H37FN6O4/c1-31(2,3)17-25(28(41)39-19-32(16-22(39)18-34)23-7-4-5-8-24(23)37-29(32)42)36-27(40)26(38-14-6-13-35-30(38)43)15-20-9-11-21(33)12-10-20/h4-5,7-12,22,25-26H,6,13-17,19H2,1-3H3,(H,35,43)(H,36,40)(H,37,42)/t22-,25-,26?,32-/m0/s1. The highest BCUT2D eigenvalue weighted by Gasteiger charge is 2.56. The summed E-state index contributed by atoms with van der Waals surface area (Å²) in [6, 6.07) is 12.0. The number of para-hydroxylation sites is 1. The Balaban J connectivity index is 1.43. The molecule has 2 saturated heterocycles. The van der Waals surface area contributed by atoms with Crippen molar-refractivity contribution >= 4 is 29.4 Å². The largest absolute Gasteiger partial charge is 0.342 e. The zero-order valence-corrected chi connectivity index (χ0v) is 24.7. The molecule has 0 bridgehead atoms. The van der Waals surface area contributed by atoms with Crippen LogP contribution in [0.4, 0.5) is 14.9 Å². The lowest BCUT2D eigenvalue weighted by Crippen LogP contribution is -2.60. The molecule has 2 fully saturated rings. The number of hydrogen-bond donors (Lipinski definition) is 3. The summed E-state index contributed by atoms with van der Waals surface area (Å²) in [5.74, 6) is -1.63. The van der Waals surface area contributed by atoms with E-state index in [0.29, 0.717) is 30.8 Å². The second kappa shape index (κ2) is 11.7. The molecule has 0 aliphatic carbocycles. The van der Waals surface area contributed by atoms with Crippen molar-refractivity contribution in [3.63, 3.8) is 0 Å². The van der Waals surface area contributed by atoms with Gasteiger partial charge in [-0.05, 0) is 47.6 Å². The molecule has 3 heterocycles. The molecule has 43 heavy (non-hydrogen) atoms. The molecule has 1 unspecified atom stereocenters. The highest BCUT2D eigenvalue weighted by atomic mass is 19.1. The van der Waals surface area contributed by atoms with Gasteiger partial charge in [0.1, 0.15) is 23.9 Å². The van der Waals surface area contributed by atoms with E-state index in [9.17, 15) is 28.8 Å². The van der Waals surface area contributed by atoms with Crippen LogP contribution in [0.15, 0.2) is 48.5 Å². The van der Waals surface area contributed by atoms with Crippen molar-refractivity contribution in [3.05, 3.63) is 65.5 Å². The first-order chi connectivity index (χ1) is 20.4. The SMILES string of the molecule is CC(C)(C)C[C@H](NC(=O)C(Cc1ccc(F)cc1)N1CCCNC1=O)C(=O)N1C[C@]2(C[C@H]1C#N)C(=O)Nc1ccccc12. The first-order valence-electron chi connectivity index (χ1n) is 14.6. The molecule has 5 amide bonds. The number of rotatable bonds is 7. The number of nitrogens with one attached hydrogen (secondary N) is 3. The maximum Gasteiger partial charge on any atom is 0.318 e. The number of fused-ring (bicyclic) bond motifs is 2. The van der Waals surface area contributed by atoms with Gasteiger partial charge in [-0.25, -0.2) is 9.18 Å². The number of likely N-dealkylation sites (tertiary alicyclic amines) is 1. The number of nitriles is 1. The van der Waals surface area contributed by atoms with Crippen LogP contribution in [0, 0.1) is 22.6 Å². The van der Waals surface area contributed by atoms with Crippen molar-refractivity contribution in [3.8, 4) is 6.07 Å². The number of nitrogens with zero attached hydrogens (tertiary/aromatic N) is 3. The topological polar surface area (TPSA) is 135 Å². The van der Waals surface area contributed by atoms with Crippen molar-refractivity contribution in [2.45, 2.75) is 70.0 Å². The summed E-state index contributed by atoms with van der Waals surface area (Å²) in [4.78, 5) is 57.2. The number of benzene rings is 2. The van der Waals surface area contributed by atoms with Gasteiger partial charge in [0.25, 0.3) is 0 Å². The Kier molecular flexibility index (Phi) is 8.14. The van der Waals surface area contributed by atoms with Crippen LogP contribution in [-0.2, 0) is 26.2 Å². The van der Waals surface area contributed by atoms with Crippen LogP contribution < -0.4 is 16.0 Å². The normalized spacial score (nSPS) is 22.8. The highest BCUT2D eigenvalue weighted by molar-refractivity contribution is 6.07.